The predicted molar refractivity (Wildman–Crippen MR) is 34.7 cm³/mol. The summed E-state index contributed by atoms with van der Waals surface area (Å²) >= 11 is 0. The van der Waals surface area contributed by atoms with Crippen LogP contribution in [0.15, 0.2) is 0 Å². The van der Waals surface area contributed by atoms with Crippen molar-refractivity contribution in [2.45, 2.75) is 13.3 Å². The molecule has 0 spiro atoms. The van der Waals surface area contributed by atoms with E-state index in [4.69, 9.17) is 0 Å². The maximum atomic E-state index is 11.7. The van der Waals surface area contributed by atoms with Crippen molar-refractivity contribution in [3.8, 4) is 0 Å². The number of nitrogens with zero attached hydrogens (tertiary/aromatic N) is 1. The highest BCUT2D eigenvalue weighted by molar-refractivity contribution is 4.68. The minimum atomic E-state index is -2.22. The Hall–Kier alpha value is -0.220. The number of hydrazine groups is 1. The zero-order valence-corrected chi connectivity index (χ0v) is 5.98. The SMILES string of the molecule is CC1CNN(CC(F)F)C1. The van der Waals surface area contributed by atoms with Crippen molar-refractivity contribution in [2.24, 2.45) is 5.92 Å². The van der Waals surface area contributed by atoms with Gasteiger partial charge in [-0.15, -0.1) is 0 Å². The summed E-state index contributed by atoms with van der Waals surface area (Å²) in [6.45, 7) is 3.46. The number of rotatable bonds is 2. The normalized spacial score (nSPS) is 28.2. The molecular formula is C6H12F2N2. The monoisotopic (exact) mass is 150 g/mol. The maximum absolute atomic E-state index is 11.7. The summed E-state index contributed by atoms with van der Waals surface area (Å²) in [7, 11) is 0. The summed E-state index contributed by atoms with van der Waals surface area (Å²) in [5, 5.41) is 1.58. The largest absolute Gasteiger partial charge is 0.255 e. The average Bonchev–Trinajstić information content (AvgIpc) is 2.13. The number of hydrogen-bond donors (Lipinski definition) is 1. The van der Waals surface area contributed by atoms with Crippen LogP contribution in [0.1, 0.15) is 6.92 Å². The van der Waals surface area contributed by atoms with Gasteiger partial charge >= 0.3 is 0 Å². The fourth-order valence-electron chi connectivity index (χ4n) is 1.10. The van der Waals surface area contributed by atoms with E-state index in [0.29, 0.717) is 5.92 Å². The minimum absolute atomic E-state index is 0.148. The van der Waals surface area contributed by atoms with Crippen LogP contribution in [-0.2, 0) is 0 Å². The van der Waals surface area contributed by atoms with E-state index in [1.807, 2.05) is 6.92 Å². The Balaban J connectivity index is 2.18. The van der Waals surface area contributed by atoms with Crippen LogP contribution in [0.5, 0.6) is 0 Å². The molecule has 4 heteroatoms. The molecule has 60 valence electrons. The van der Waals surface area contributed by atoms with Crippen LogP contribution in [0.3, 0.4) is 0 Å². The highest BCUT2D eigenvalue weighted by atomic mass is 19.3. The second kappa shape index (κ2) is 3.25. The van der Waals surface area contributed by atoms with E-state index in [0.717, 1.165) is 13.1 Å². The fourth-order valence-corrected chi connectivity index (χ4v) is 1.10. The Morgan fingerprint density at radius 3 is 2.80 bits per heavy atom. The van der Waals surface area contributed by atoms with Gasteiger partial charge < -0.3 is 0 Å². The van der Waals surface area contributed by atoms with Gasteiger partial charge in [0, 0.05) is 13.1 Å². The molecule has 1 N–H and O–H groups in total. The van der Waals surface area contributed by atoms with Crippen LogP contribution in [0.2, 0.25) is 0 Å². The Morgan fingerprint density at radius 2 is 2.40 bits per heavy atom. The molecule has 0 saturated carbocycles. The third-order valence-electron chi connectivity index (χ3n) is 1.55. The zero-order valence-electron chi connectivity index (χ0n) is 5.98. The summed E-state index contributed by atoms with van der Waals surface area (Å²) in [4.78, 5) is 0. The molecule has 1 rings (SSSR count). The van der Waals surface area contributed by atoms with Gasteiger partial charge in [0.2, 0.25) is 0 Å². The van der Waals surface area contributed by atoms with Crippen molar-refractivity contribution < 1.29 is 8.78 Å². The van der Waals surface area contributed by atoms with Gasteiger partial charge in [0.05, 0.1) is 6.54 Å². The van der Waals surface area contributed by atoms with Crippen LogP contribution < -0.4 is 5.43 Å². The summed E-state index contributed by atoms with van der Waals surface area (Å²) in [6, 6.07) is 0. The predicted octanol–water partition coefficient (Wildman–Crippen LogP) is 0.708. The van der Waals surface area contributed by atoms with E-state index in [1.54, 1.807) is 5.01 Å². The van der Waals surface area contributed by atoms with Gasteiger partial charge in [-0.3, -0.25) is 5.43 Å². The van der Waals surface area contributed by atoms with E-state index in [-0.39, 0.29) is 6.54 Å². The molecule has 0 aromatic carbocycles. The van der Waals surface area contributed by atoms with Crippen molar-refractivity contribution in [2.75, 3.05) is 19.6 Å². The highest BCUT2D eigenvalue weighted by Gasteiger charge is 2.20. The zero-order chi connectivity index (χ0) is 7.56. The molecule has 1 fully saturated rings. The lowest BCUT2D eigenvalue weighted by Crippen LogP contribution is -2.34. The van der Waals surface area contributed by atoms with Gasteiger partial charge in [0.15, 0.2) is 0 Å². The molecule has 1 aliphatic rings. The molecule has 0 aromatic heterocycles. The molecule has 1 heterocycles. The smallest absolute Gasteiger partial charge is 0.252 e. The number of alkyl halides is 2. The third-order valence-corrected chi connectivity index (χ3v) is 1.55. The van der Waals surface area contributed by atoms with E-state index >= 15 is 0 Å². The Morgan fingerprint density at radius 1 is 1.70 bits per heavy atom. The maximum Gasteiger partial charge on any atom is 0.252 e. The molecule has 1 atom stereocenters. The fraction of sp³-hybridized carbons (Fsp3) is 1.00. The third kappa shape index (κ3) is 2.19. The lowest BCUT2D eigenvalue weighted by molar-refractivity contribution is 0.0786. The summed E-state index contributed by atoms with van der Waals surface area (Å²) in [6.07, 6.45) is -2.22. The second-order valence-corrected chi connectivity index (χ2v) is 2.76. The molecule has 0 aromatic rings. The Kier molecular flexibility index (Phi) is 2.56. The number of hydrogen-bond acceptors (Lipinski definition) is 2. The average molecular weight is 150 g/mol. The van der Waals surface area contributed by atoms with Crippen molar-refractivity contribution in [1.82, 2.24) is 10.4 Å². The summed E-state index contributed by atoms with van der Waals surface area (Å²) < 4.78 is 23.5. The first-order valence-electron chi connectivity index (χ1n) is 3.45. The van der Waals surface area contributed by atoms with Gasteiger partial charge in [0.1, 0.15) is 0 Å². The van der Waals surface area contributed by atoms with Crippen molar-refractivity contribution in [3.63, 3.8) is 0 Å². The first-order chi connectivity index (χ1) is 4.68. The topological polar surface area (TPSA) is 15.3 Å². The van der Waals surface area contributed by atoms with Gasteiger partial charge in [0.25, 0.3) is 6.43 Å². The van der Waals surface area contributed by atoms with Crippen LogP contribution in [0.4, 0.5) is 8.78 Å². The van der Waals surface area contributed by atoms with Gasteiger partial charge in [-0.1, -0.05) is 6.92 Å². The molecule has 0 bridgehead atoms. The molecule has 1 aliphatic heterocycles. The quantitative estimate of drug-likeness (QED) is 0.623. The van der Waals surface area contributed by atoms with Crippen LogP contribution >= 0.6 is 0 Å². The van der Waals surface area contributed by atoms with E-state index in [2.05, 4.69) is 5.43 Å². The first-order valence-corrected chi connectivity index (χ1v) is 3.45. The second-order valence-electron chi connectivity index (χ2n) is 2.76. The molecule has 1 unspecified atom stereocenters. The standard InChI is InChI=1S/C6H12F2N2/c1-5-2-9-10(3-5)4-6(7)8/h5-6,9H,2-4H2,1H3. The van der Waals surface area contributed by atoms with Crippen LogP contribution in [0.25, 0.3) is 0 Å². The van der Waals surface area contributed by atoms with E-state index in [1.165, 1.54) is 0 Å². The Labute approximate surface area is 59.2 Å². The van der Waals surface area contributed by atoms with Gasteiger partial charge in [-0.05, 0) is 5.92 Å². The summed E-state index contributed by atoms with van der Waals surface area (Å²) in [5.41, 5.74) is 2.89. The molecule has 0 amide bonds. The van der Waals surface area contributed by atoms with Crippen molar-refractivity contribution in [1.29, 1.82) is 0 Å². The van der Waals surface area contributed by atoms with Gasteiger partial charge in [-0.25, -0.2) is 13.8 Å². The number of halogens is 2. The Bertz CT molecular complexity index is 108. The van der Waals surface area contributed by atoms with Crippen molar-refractivity contribution >= 4 is 0 Å². The van der Waals surface area contributed by atoms with E-state index in [9.17, 15) is 8.78 Å². The van der Waals surface area contributed by atoms with Crippen LogP contribution in [-0.4, -0.2) is 31.1 Å². The molecule has 0 radical (unpaired) electrons. The lowest BCUT2D eigenvalue weighted by Gasteiger charge is -2.13. The van der Waals surface area contributed by atoms with Gasteiger partial charge in [-0.2, -0.15) is 0 Å². The molecule has 0 aliphatic carbocycles. The minimum Gasteiger partial charge on any atom is -0.255 e. The number of nitrogens with one attached hydrogen (secondary N) is 1. The molecule has 2 nitrogen and oxygen atoms in total. The molecule has 10 heavy (non-hydrogen) atoms. The molecular weight excluding hydrogens is 138 g/mol. The molecule has 1 saturated heterocycles. The first kappa shape index (κ1) is 7.88. The van der Waals surface area contributed by atoms with Crippen molar-refractivity contribution in [3.05, 3.63) is 0 Å². The lowest BCUT2D eigenvalue weighted by atomic mass is 10.2. The van der Waals surface area contributed by atoms with Crippen LogP contribution in [0, 0.1) is 5.92 Å². The van der Waals surface area contributed by atoms with E-state index < -0.39 is 6.43 Å². The summed E-state index contributed by atoms with van der Waals surface area (Å²) in [5.74, 6) is 0.499. The highest BCUT2D eigenvalue weighted by Crippen LogP contribution is 2.06.